The number of carbonyl (C=O) groups is 2. The van der Waals surface area contributed by atoms with E-state index in [4.69, 9.17) is 14.2 Å². The molecule has 0 aromatic rings. The van der Waals surface area contributed by atoms with Crippen molar-refractivity contribution in [2.45, 2.75) is 250 Å². The van der Waals surface area contributed by atoms with E-state index in [9.17, 15) is 35.1 Å². The highest BCUT2D eigenvalue weighted by atomic mass is 16.7. The number of hydrogen-bond acceptors (Lipinski definition) is 10. The second kappa shape index (κ2) is 43.4. The fraction of sp³-hybridized carbons (Fsp3) is 0.745. The molecule has 6 N–H and O–H groups in total. The maximum Gasteiger partial charge on any atom is 0.306 e. The van der Waals surface area contributed by atoms with Gasteiger partial charge in [0.25, 0.3) is 0 Å². The molecule has 1 heterocycles. The molecule has 0 aliphatic carbocycles. The SMILES string of the molecule is CC/C=C/C=C/C=C\C=C/CCCCCC(=O)OC1C(OCC(NC(=O)C(O)CCCC/C=C\CCCCCCCC)C(O)/C=C/CCCCCCCCCCCC)OC(CO)C(O)C1O. The van der Waals surface area contributed by atoms with Gasteiger partial charge in [-0.25, -0.2) is 0 Å². The Morgan fingerprint density at radius 2 is 1.11 bits per heavy atom. The second-order valence-corrected chi connectivity index (χ2v) is 18.0. The second-order valence-electron chi connectivity index (χ2n) is 18.0. The first kappa shape index (κ1) is 61.1. The van der Waals surface area contributed by atoms with Crippen LogP contribution in [0.25, 0.3) is 0 Å². The zero-order valence-corrected chi connectivity index (χ0v) is 41.5. The van der Waals surface area contributed by atoms with E-state index in [1.807, 2.05) is 42.5 Å². The summed E-state index contributed by atoms with van der Waals surface area (Å²) >= 11 is 0. The maximum absolute atomic E-state index is 13.3. The average molecular weight is 930 g/mol. The number of unbranched alkanes of at least 4 members (excludes halogenated alkanes) is 21. The first-order chi connectivity index (χ1) is 32.2. The molecule has 8 atom stereocenters. The molecule has 66 heavy (non-hydrogen) atoms. The normalized spacial score (nSPS) is 20.8. The van der Waals surface area contributed by atoms with Gasteiger partial charge in [-0.15, -0.1) is 0 Å². The highest BCUT2D eigenvalue weighted by Gasteiger charge is 2.47. The Morgan fingerprint density at radius 3 is 1.68 bits per heavy atom. The Labute approximate surface area is 400 Å². The highest BCUT2D eigenvalue weighted by Crippen LogP contribution is 2.26. The number of amides is 1. The number of allylic oxidation sites excluding steroid dienone is 11. The number of aliphatic hydroxyl groups is 5. The fourth-order valence-electron chi connectivity index (χ4n) is 7.71. The number of rotatable bonds is 42. The molecule has 1 fully saturated rings. The van der Waals surface area contributed by atoms with Crippen LogP contribution in [-0.2, 0) is 23.8 Å². The third-order valence-corrected chi connectivity index (χ3v) is 11.9. The number of ether oxygens (including phenoxy) is 3. The van der Waals surface area contributed by atoms with Crippen LogP contribution in [0.4, 0.5) is 0 Å². The molecule has 0 spiro atoms. The number of nitrogens with one attached hydrogen (secondary N) is 1. The van der Waals surface area contributed by atoms with Crippen LogP contribution < -0.4 is 5.32 Å². The minimum Gasteiger partial charge on any atom is -0.454 e. The minimum absolute atomic E-state index is 0.0732. The van der Waals surface area contributed by atoms with Crippen molar-refractivity contribution in [3.05, 3.63) is 72.9 Å². The van der Waals surface area contributed by atoms with Gasteiger partial charge in [0, 0.05) is 6.42 Å². The van der Waals surface area contributed by atoms with Gasteiger partial charge >= 0.3 is 5.97 Å². The van der Waals surface area contributed by atoms with Crippen LogP contribution in [0.1, 0.15) is 201 Å². The quantitative estimate of drug-likeness (QED) is 0.0150. The van der Waals surface area contributed by atoms with Gasteiger partial charge in [0.2, 0.25) is 5.91 Å². The zero-order valence-electron chi connectivity index (χ0n) is 41.5. The van der Waals surface area contributed by atoms with Crippen molar-refractivity contribution in [3.63, 3.8) is 0 Å². The van der Waals surface area contributed by atoms with Gasteiger partial charge < -0.3 is 45.1 Å². The van der Waals surface area contributed by atoms with E-state index in [1.54, 1.807) is 6.08 Å². The first-order valence-electron chi connectivity index (χ1n) is 26.3. The van der Waals surface area contributed by atoms with Gasteiger partial charge in [0.15, 0.2) is 12.4 Å². The van der Waals surface area contributed by atoms with Crippen LogP contribution in [0.5, 0.6) is 0 Å². The lowest BCUT2D eigenvalue weighted by molar-refractivity contribution is -0.305. The summed E-state index contributed by atoms with van der Waals surface area (Å²) in [5, 5.41) is 56.5. The molecule has 11 nitrogen and oxygen atoms in total. The third kappa shape index (κ3) is 32.0. The predicted octanol–water partition coefficient (Wildman–Crippen LogP) is 10.9. The lowest BCUT2D eigenvalue weighted by Crippen LogP contribution is -2.61. The van der Waals surface area contributed by atoms with Crippen LogP contribution in [0.2, 0.25) is 0 Å². The van der Waals surface area contributed by atoms with E-state index in [-0.39, 0.29) is 19.4 Å². The van der Waals surface area contributed by atoms with Crippen molar-refractivity contribution >= 4 is 11.9 Å². The molecule has 0 radical (unpaired) electrons. The van der Waals surface area contributed by atoms with E-state index >= 15 is 0 Å². The van der Waals surface area contributed by atoms with Gasteiger partial charge in [-0.3, -0.25) is 9.59 Å². The van der Waals surface area contributed by atoms with E-state index in [0.717, 1.165) is 64.2 Å². The summed E-state index contributed by atoms with van der Waals surface area (Å²) in [6, 6.07) is -1.04. The van der Waals surface area contributed by atoms with Gasteiger partial charge in [-0.1, -0.05) is 196 Å². The maximum atomic E-state index is 13.3. The molecule has 1 amide bonds. The van der Waals surface area contributed by atoms with Crippen molar-refractivity contribution in [2.75, 3.05) is 13.2 Å². The topological polar surface area (TPSA) is 175 Å². The summed E-state index contributed by atoms with van der Waals surface area (Å²) in [5.41, 5.74) is 0. The summed E-state index contributed by atoms with van der Waals surface area (Å²) < 4.78 is 17.5. The molecule has 1 saturated heterocycles. The van der Waals surface area contributed by atoms with E-state index in [1.165, 1.54) is 89.9 Å². The molecule has 0 bridgehead atoms. The monoisotopic (exact) mass is 930 g/mol. The number of carbonyl (C=O) groups excluding carboxylic acids is 2. The number of aliphatic hydroxyl groups excluding tert-OH is 5. The first-order valence-corrected chi connectivity index (χ1v) is 26.3. The largest absolute Gasteiger partial charge is 0.454 e. The molecule has 0 saturated carbocycles. The summed E-state index contributed by atoms with van der Waals surface area (Å²) in [6.45, 7) is 5.56. The molecule has 1 aliphatic rings. The zero-order chi connectivity index (χ0) is 48.3. The highest BCUT2D eigenvalue weighted by molar-refractivity contribution is 5.80. The van der Waals surface area contributed by atoms with E-state index in [0.29, 0.717) is 12.8 Å². The van der Waals surface area contributed by atoms with E-state index < -0.39 is 67.4 Å². The number of hydrogen-bond donors (Lipinski definition) is 6. The lowest BCUT2D eigenvalue weighted by Gasteiger charge is -2.41. The number of esters is 1. The van der Waals surface area contributed by atoms with Gasteiger partial charge in [0.05, 0.1) is 25.4 Å². The van der Waals surface area contributed by atoms with Crippen molar-refractivity contribution in [1.82, 2.24) is 5.32 Å². The smallest absolute Gasteiger partial charge is 0.306 e. The fourth-order valence-corrected chi connectivity index (χ4v) is 7.71. The standard InChI is InChI=1S/C55H95NO10/c1-4-7-10-13-16-19-22-25-28-31-34-37-40-43-50(60)66-53-52(62)51(61)49(44-57)65-55(53)64-45-46(47(58)41-38-35-32-29-26-23-20-17-14-11-8-5-2)56-54(63)48(59)42-39-36-33-30-27-24-21-18-15-12-9-6-3/h7,10,13,16,19,22,25,27-28,30,38,41,46-49,51-53,55,57-59,61-62H,4-6,8-9,11-12,14-15,17-18,20-21,23-24,26,29,31-37,39-40,42-45H2,1-3H3,(H,56,63)/b10-7+,16-13+,22-19-,28-25-,30-27-,41-38+. The summed E-state index contributed by atoms with van der Waals surface area (Å²) in [4.78, 5) is 26.3. The Balaban J connectivity index is 2.83. The van der Waals surface area contributed by atoms with Crippen molar-refractivity contribution in [1.29, 1.82) is 0 Å². The lowest BCUT2D eigenvalue weighted by atomic mass is 9.99. The van der Waals surface area contributed by atoms with Crippen molar-refractivity contribution in [2.24, 2.45) is 0 Å². The van der Waals surface area contributed by atoms with Gasteiger partial charge in [0.1, 0.15) is 24.4 Å². The molecule has 0 aromatic heterocycles. The molecule has 11 heteroatoms. The van der Waals surface area contributed by atoms with Crippen LogP contribution in [-0.4, -0.2) is 99.6 Å². The Morgan fingerprint density at radius 1 is 0.606 bits per heavy atom. The minimum atomic E-state index is -1.63. The molecular weight excluding hydrogens is 835 g/mol. The van der Waals surface area contributed by atoms with Crippen LogP contribution in [0, 0.1) is 0 Å². The molecule has 0 aromatic carbocycles. The van der Waals surface area contributed by atoms with E-state index in [2.05, 4.69) is 50.4 Å². The molecular formula is C55H95NO10. The Kier molecular flexibility index (Phi) is 40.2. The van der Waals surface area contributed by atoms with Crippen LogP contribution >= 0.6 is 0 Å². The third-order valence-electron chi connectivity index (χ3n) is 11.9. The van der Waals surface area contributed by atoms with Crippen LogP contribution in [0.15, 0.2) is 72.9 Å². The molecule has 8 unspecified atom stereocenters. The van der Waals surface area contributed by atoms with Gasteiger partial charge in [-0.05, 0) is 70.6 Å². The average Bonchev–Trinajstić information content (AvgIpc) is 3.31. The summed E-state index contributed by atoms with van der Waals surface area (Å²) in [7, 11) is 0. The molecule has 380 valence electrons. The van der Waals surface area contributed by atoms with Crippen LogP contribution in [0.3, 0.4) is 0 Å². The predicted molar refractivity (Wildman–Crippen MR) is 269 cm³/mol. The summed E-state index contributed by atoms with van der Waals surface area (Å²) in [6.07, 6.45) is 42.5. The van der Waals surface area contributed by atoms with Crippen molar-refractivity contribution < 1.29 is 49.3 Å². The Hall–Kier alpha value is -2.90. The molecule has 1 rings (SSSR count). The van der Waals surface area contributed by atoms with Crippen molar-refractivity contribution in [3.8, 4) is 0 Å². The van der Waals surface area contributed by atoms with Gasteiger partial charge in [-0.2, -0.15) is 0 Å². The Bertz CT molecular complexity index is 1340. The molecule has 1 aliphatic heterocycles. The summed E-state index contributed by atoms with van der Waals surface area (Å²) in [5.74, 6) is -1.26.